The molecule has 4 rings (SSSR count). The molecule has 2 aliphatic rings. The highest BCUT2D eigenvalue weighted by atomic mass is 32.1. The summed E-state index contributed by atoms with van der Waals surface area (Å²) in [5.41, 5.74) is 2.09. The highest BCUT2D eigenvalue weighted by Gasteiger charge is 2.29. The zero-order valence-corrected chi connectivity index (χ0v) is 16.6. The number of fused-ring (bicyclic) bond motifs is 1. The molecule has 0 spiro atoms. The number of nitrogens with zero attached hydrogens (tertiary/aromatic N) is 4. The van der Waals surface area contributed by atoms with Crippen LogP contribution in [-0.4, -0.2) is 51.2 Å². The molecule has 0 radical (unpaired) electrons. The van der Waals surface area contributed by atoms with Crippen LogP contribution >= 0.6 is 11.3 Å². The predicted molar refractivity (Wildman–Crippen MR) is 104 cm³/mol. The second-order valence-electron chi connectivity index (χ2n) is 7.39. The Bertz CT molecular complexity index is 879. The maximum atomic E-state index is 12.8. The van der Waals surface area contributed by atoms with E-state index in [0.29, 0.717) is 19.6 Å². The van der Waals surface area contributed by atoms with Crippen molar-refractivity contribution in [3.05, 3.63) is 45.2 Å². The molecule has 0 aliphatic carbocycles. The molecule has 0 aromatic carbocycles. The normalized spacial score (nSPS) is 19.7. The summed E-state index contributed by atoms with van der Waals surface area (Å²) in [4.78, 5) is 39.5. The maximum Gasteiger partial charge on any atom is 0.263 e. The summed E-state index contributed by atoms with van der Waals surface area (Å²) in [6.07, 6.45) is 4.62. The third-order valence-corrected chi connectivity index (χ3v) is 6.41. The van der Waals surface area contributed by atoms with Crippen molar-refractivity contribution < 1.29 is 9.59 Å². The van der Waals surface area contributed by atoms with E-state index in [-0.39, 0.29) is 17.7 Å². The molecular weight excluding hydrogens is 360 g/mol. The highest BCUT2D eigenvalue weighted by molar-refractivity contribution is 7.13. The van der Waals surface area contributed by atoms with Crippen LogP contribution in [-0.2, 0) is 17.8 Å². The van der Waals surface area contributed by atoms with Crippen molar-refractivity contribution >= 4 is 23.2 Å². The summed E-state index contributed by atoms with van der Waals surface area (Å²) < 4.78 is 0. The van der Waals surface area contributed by atoms with E-state index >= 15 is 0 Å². The first-order valence-electron chi connectivity index (χ1n) is 9.47. The van der Waals surface area contributed by atoms with E-state index in [9.17, 15) is 9.59 Å². The lowest BCUT2D eigenvalue weighted by molar-refractivity contribution is -0.129. The number of rotatable bonds is 2. The number of hydrogen-bond acceptors (Lipinski definition) is 5. The Morgan fingerprint density at radius 1 is 1.22 bits per heavy atom. The first-order chi connectivity index (χ1) is 13.0. The second-order valence-corrected chi connectivity index (χ2v) is 8.68. The lowest BCUT2D eigenvalue weighted by Gasteiger charge is -2.32. The maximum absolute atomic E-state index is 12.8. The van der Waals surface area contributed by atoms with Gasteiger partial charge in [-0.05, 0) is 31.9 Å². The van der Waals surface area contributed by atoms with Gasteiger partial charge in [-0.3, -0.25) is 9.59 Å². The molecule has 0 N–H and O–H groups in total. The smallest absolute Gasteiger partial charge is 0.263 e. The summed E-state index contributed by atoms with van der Waals surface area (Å²) in [6.45, 7) is 6.40. The molecule has 1 atom stereocenters. The molecule has 2 aromatic rings. The van der Waals surface area contributed by atoms with Gasteiger partial charge in [0.15, 0.2) is 0 Å². The Morgan fingerprint density at radius 2 is 2.07 bits per heavy atom. The minimum Gasteiger partial charge on any atom is -0.338 e. The van der Waals surface area contributed by atoms with Gasteiger partial charge < -0.3 is 9.80 Å². The predicted octanol–water partition coefficient (Wildman–Crippen LogP) is 2.77. The van der Waals surface area contributed by atoms with Crippen molar-refractivity contribution in [3.63, 3.8) is 0 Å². The van der Waals surface area contributed by atoms with Gasteiger partial charge in [0.05, 0.1) is 10.6 Å². The second kappa shape index (κ2) is 7.38. The van der Waals surface area contributed by atoms with Crippen LogP contribution in [0.1, 0.15) is 57.3 Å². The van der Waals surface area contributed by atoms with Crippen LogP contribution < -0.4 is 0 Å². The van der Waals surface area contributed by atoms with Crippen LogP contribution in [0.2, 0.25) is 0 Å². The number of likely N-dealkylation sites (tertiary alicyclic amines) is 1. The molecule has 2 aromatic heterocycles. The van der Waals surface area contributed by atoms with E-state index < -0.39 is 0 Å². The Kier molecular flexibility index (Phi) is 4.95. The largest absolute Gasteiger partial charge is 0.338 e. The van der Waals surface area contributed by atoms with E-state index in [1.54, 1.807) is 18.3 Å². The molecule has 4 heterocycles. The van der Waals surface area contributed by atoms with E-state index in [1.165, 1.54) is 0 Å². The lowest BCUT2D eigenvalue weighted by atomic mass is 9.96. The third-order valence-electron chi connectivity index (χ3n) is 5.42. The van der Waals surface area contributed by atoms with Gasteiger partial charge in [-0.15, -0.1) is 11.3 Å². The van der Waals surface area contributed by atoms with Crippen LogP contribution in [0.5, 0.6) is 0 Å². The first-order valence-corrected chi connectivity index (χ1v) is 10.3. The number of carbonyl (C=O) groups is 2. The van der Waals surface area contributed by atoms with Crippen molar-refractivity contribution in [2.24, 2.45) is 0 Å². The summed E-state index contributed by atoms with van der Waals surface area (Å²) in [5.74, 6) is 1.23. The van der Waals surface area contributed by atoms with Crippen LogP contribution in [0.3, 0.4) is 0 Å². The van der Waals surface area contributed by atoms with Gasteiger partial charge in [0.2, 0.25) is 5.91 Å². The topological polar surface area (TPSA) is 66.4 Å². The van der Waals surface area contributed by atoms with Crippen LogP contribution in [0, 0.1) is 6.92 Å². The Balaban J connectivity index is 1.49. The molecule has 6 nitrogen and oxygen atoms in total. The van der Waals surface area contributed by atoms with Gasteiger partial charge in [0, 0.05) is 62.1 Å². The van der Waals surface area contributed by atoms with Gasteiger partial charge in [-0.25, -0.2) is 9.97 Å². The van der Waals surface area contributed by atoms with Crippen LogP contribution in [0.15, 0.2) is 18.3 Å². The number of hydrogen-bond donors (Lipinski definition) is 0. The summed E-state index contributed by atoms with van der Waals surface area (Å²) in [5, 5.41) is 0. The molecular formula is C20H24N4O2S. The monoisotopic (exact) mass is 384 g/mol. The number of piperidine rings is 1. The number of amides is 2. The summed E-state index contributed by atoms with van der Waals surface area (Å²) in [6, 6.07) is 3.92. The Morgan fingerprint density at radius 3 is 2.81 bits per heavy atom. The van der Waals surface area contributed by atoms with E-state index in [2.05, 4.69) is 4.98 Å². The molecule has 27 heavy (non-hydrogen) atoms. The number of carbonyl (C=O) groups excluding carboxylic acids is 2. The minimum absolute atomic E-state index is 0.0926. The zero-order chi connectivity index (χ0) is 19.0. The molecule has 0 saturated carbocycles. The third kappa shape index (κ3) is 3.74. The molecule has 1 saturated heterocycles. The lowest BCUT2D eigenvalue weighted by Crippen LogP contribution is -2.39. The average molecular weight is 385 g/mol. The van der Waals surface area contributed by atoms with Crippen molar-refractivity contribution in [1.29, 1.82) is 0 Å². The van der Waals surface area contributed by atoms with Crippen molar-refractivity contribution in [1.82, 2.24) is 19.8 Å². The molecule has 142 valence electrons. The van der Waals surface area contributed by atoms with Gasteiger partial charge in [-0.2, -0.15) is 0 Å². The first kappa shape index (κ1) is 18.1. The van der Waals surface area contributed by atoms with Crippen molar-refractivity contribution in [2.45, 2.75) is 45.6 Å². The molecule has 0 bridgehead atoms. The highest BCUT2D eigenvalue weighted by Crippen LogP contribution is 2.28. The van der Waals surface area contributed by atoms with Crippen LogP contribution in [0.4, 0.5) is 0 Å². The molecule has 0 unspecified atom stereocenters. The van der Waals surface area contributed by atoms with Gasteiger partial charge in [-0.1, -0.05) is 0 Å². The minimum atomic E-state index is 0.0926. The van der Waals surface area contributed by atoms with Gasteiger partial charge in [0.25, 0.3) is 5.91 Å². The fourth-order valence-electron chi connectivity index (χ4n) is 3.87. The number of aryl methyl sites for hydroxylation is 1. The Hall–Kier alpha value is -2.28. The van der Waals surface area contributed by atoms with E-state index in [0.717, 1.165) is 52.6 Å². The fraction of sp³-hybridized carbons (Fsp3) is 0.500. The fourth-order valence-corrected chi connectivity index (χ4v) is 4.71. The summed E-state index contributed by atoms with van der Waals surface area (Å²) >= 11 is 1.55. The van der Waals surface area contributed by atoms with Crippen molar-refractivity contribution in [2.75, 3.05) is 19.6 Å². The van der Waals surface area contributed by atoms with Gasteiger partial charge >= 0.3 is 0 Å². The molecule has 2 amide bonds. The Labute approximate surface area is 163 Å². The summed E-state index contributed by atoms with van der Waals surface area (Å²) in [7, 11) is 0. The number of aromatic nitrogens is 2. The van der Waals surface area contributed by atoms with Crippen molar-refractivity contribution in [3.8, 4) is 0 Å². The van der Waals surface area contributed by atoms with Gasteiger partial charge in [0.1, 0.15) is 5.82 Å². The average Bonchev–Trinajstić information content (AvgIpc) is 3.13. The SMILES string of the molecule is CC(=O)N1CCc2nc([C@@H]3CCCN(C(=O)c4ccc(C)s4)C3)ncc2C1. The van der Waals surface area contributed by atoms with Crippen LogP contribution in [0.25, 0.3) is 0 Å². The molecule has 7 heteroatoms. The quantitative estimate of drug-likeness (QED) is 0.799. The zero-order valence-electron chi connectivity index (χ0n) is 15.8. The number of thiophene rings is 1. The molecule has 2 aliphatic heterocycles. The molecule has 1 fully saturated rings. The van der Waals surface area contributed by atoms with E-state index in [1.807, 2.05) is 35.1 Å². The van der Waals surface area contributed by atoms with E-state index in [4.69, 9.17) is 4.98 Å². The standard InChI is InChI=1S/C20H24N4O2S/c1-13-5-6-18(27-13)20(26)24-8-3-4-15(11-24)19-21-10-16-12-23(14(2)25)9-7-17(16)22-19/h5-6,10,15H,3-4,7-9,11-12H2,1-2H3/t15-/m1/s1.